The Balaban J connectivity index is 2.40. The lowest BCUT2D eigenvalue weighted by molar-refractivity contribution is -0.160. The number of hydrogen-bond donors (Lipinski definition) is 1. The van der Waals surface area contributed by atoms with E-state index >= 15 is 0 Å². The molecular formula is C13H14O4. The molecule has 1 aliphatic rings. The van der Waals surface area contributed by atoms with Gasteiger partial charge in [-0.1, -0.05) is 37.3 Å². The maximum Gasteiger partial charge on any atom is 0.324 e. The Morgan fingerprint density at radius 2 is 1.88 bits per heavy atom. The number of rotatable bonds is 3. The molecule has 1 unspecified atom stereocenters. The summed E-state index contributed by atoms with van der Waals surface area (Å²) >= 11 is 0. The minimum Gasteiger partial charge on any atom is -0.480 e. The smallest absolute Gasteiger partial charge is 0.324 e. The van der Waals surface area contributed by atoms with Crippen LogP contribution in [0.2, 0.25) is 0 Å². The number of esters is 1. The van der Waals surface area contributed by atoms with Gasteiger partial charge in [-0.15, -0.1) is 0 Å². The van der Waals surface area contributed by atoms with E-state index in [-0.39, 0.29) is 11.8 Å². The van der Waals surface area contributed by atoms with Gasteiger partial charge in [0.05, 0.1) is 7.11 Å². The fourth-order valence-corrected chi connectivity index (χ4v) is 2.67. The third-order valence-corrected chi connectivity index (χ3v) is 3.64. The summed E-state index contributed by atoms with van der Waals surface area (Å²) in [5.74, 6) is -2.31. The zero-order valence-corrected chi connectivity index (χ0v) is 9.71. The molecule has 90 valence electrons. The first kappa shape index (κ1) is 11.6. The summed E-state index contributed by atoms with van der Waals surface area (Å²) in [6, 6.07) is 9.22. The van der Waals surface area contributed by atoms with E-state index in [1.54, 1.807) is 6.92 Å². The molecule has 0 radical (unpaired) electrons. The second-order valence-electron chi connectivity index (χ2n) is 4.34. The van der Waals surface area contributed by atoms with Crippen molar-refractivity contribution in [3.05, 3.63) is 35.9 Å². The van der Waals surface area contributed by atoms with Gasteiger partial charge in [0.1, 0.15) is 0 Å². The lowest BCUT2D eigenvalue weighted by Gasteiger charge is -2.09. The maximum atomic E-state index is 11.7. The zero-order valence-electron chi connectivity index (χ0n) is 9.71. The first-order valence-corrected chi connectivity index (χ1v) is 5.43. The number of hydrogen-bond acceptors (Lipinski definition) is 3. The van der Waals surface area contributed by atoms with Crippen LogP contribution >= 0.6 is 0 Å². The van der Waals surface area contributed by atoms with Gasteiger partial charge < -0.3 is 9.84 Å². The number of carboxylic acids is 1. The quantitative estimate of drug-likeness (QED) is 0.638. The molecule has 1 aromatic rings. The number of ether oxygens (including phenoxy) is 1. The number of methoxy groups -OCH3 is 1. The summed E-state index contributed by atoms with van der Waals surface area (Å²) in [5.41, 5.74) is -0.538. The third-order valence-electron chi connectivity index (χ3n) is 3.64. The van der Waals surface area contributed by atoms with E-state index in [1.165, 1.54) is 7.11 Å². The highest BCUT2D eigenvalue weighted by molar-refractivity contribution is 6.05. The van der Waals surface area contributed by atoms with E-state index < -0.39 is 17.4 Å². The number of aliphatic carboxylic acids is 1. The maximum absolute atomic E-state index is 11.7. The van der Waals surface area contributed by atoms with Gasteiger partial charge in [-0.3, -0.25) is 9.59 Å². The zero-order chi connectivity index (χ0) is 12.6. The molecule has 1 aliphatic carbocycles. The van der Waals surface area contributed by atoms with Gasteiger partial charge in [0, 0.05) is 5.92 Å². The van der Waals surface area contributed by atoms with E-state index in [4.69, 9.17) is 0 Å². The first-order valence-electron chi connectivity index (χ1n) is 5.43. The second-order valence-corrected chi connectivity index (χ2v) is 4.34. The van der Waals surface area contributed by atoms with Crippen LogP contribution in [0, 0.1) is 11.3 Å². The van der Waals surface area contributed by atoms with Crippen LogP contribution in [0.5, 0.6) is 0 Å². The summed E-state index contributed by atoms with van der Waals surface area (Å²) in [7, 11) is 1.22. The van der Waals surface area contributed by atoms with Crippen LogP contribution in [0.3, 0.4) is 0 Å². The Morgan fingerprint density at radius 1 is 1.29 bits per heavy atom. The molecular weight excluding hydrogens is 220 g/mol. The monoisotopic (exact) mass is 234 g/mol. The van der Waals surface area contributed by atoms with E-state index in [2.05, 4.69) is 4.74 Å². The molecule has 1 fully saturated rings. The number of benzene rings is 1. The molecule has 1 saturated carbocycles. The van der Waals surface area contributed by atoms with E-state index in [9.17, 15) is 14.7 Å². The summed E-state index contributed by atoms with van der Waals surface area (Å²) in [6.45, 7) is 1.77. The highest BCUT2D eigenvalue weighted by Crippen LogP contribution is 2.65. The highest BCUT2D eigenvalue weighted by Gasteiger charge is 2.74. The van der Waals surface area contributed by atoms with Gasteiger partial charge in [-0.25, -0.2) is 0 Å². The molecule has 1 aromatic carbocycles. The van der Waals surface area contributed by atoms with Crippen LogP contribution in [-0.4, -0.2) is 24.2 Å². The van der Waals surface area contributed by atoms with Gasteiger partial charge in [-0.05, 0) is 11.5 Å². The molecule has 1 N–H and O–H groups in total. The topological polar surface area (TPSA) is 63.6 Å². The van der Waals surface area contributed by atoms with E-state index in [1.807, 2.05) is 30.3 Å². The number of carboxylic acid groups (broad SMARTS) is 1. The second kappa shape index (κ2) is 3.87. The summed E-state index contributed by atoms with van der Waals surface area (Å²) in [6.07, 6.45) is 0. The Bertz CT molecular complexity index is 454. The van der Waals surface area contributed by atoms with Crippen LogP contribution in [0.15, 0.2) is 30.3 Å². The third kappa shape index (κ3) is 1.44. The van der Waals surface area contributed by atoms with Crippen LogP contribution in [0.1, 0.15) is 18.4 Å². The summed E-state index contributed by atoms with van der Waals surface area (Å²) in [5, 5.41) is 9.31. The average molecular weight is 234 g/mol. The molecule has 2 rings (SSSR count). The Kier molecular flexibility index (Phi) is 2.65. The molecule has 0 aliphatic heterocycles. The molecule has 3 atom stereocenters. The van der Waals surface area contributed by atoms with Crippen molar-refractivity contribution < 1.29 is 19.4 Å². The average Bonchev–Trinajstić information content (AvgIpc) is 2.96. The lowest BCUT2D eigenvalue weighted by atomic mass is 9.99. The van der Waals surface area contributed by atoms with Crippen LogP contribution in [-0.2, 0) is 14.3 Å². The standard InChI is InChI=1S/C13H14O4/c1-8-10(9-6-4-3-5-7-9)13(8,11(14)15)12(16)17-2/h3-8,10H,1-2H3,(H,14,15)/t8-,10-,13?/m1/s1. The molecule has 0 aromatic heterocycles. The lowest BCUT2D eigenvalue weighted by Crippen LogP contribution is -2.30. The van der Waals surface area contributed by atoms with Crippen molar-refractivity contribution in [1.29, 1.82) is 0 Å². The summed E-state index contributed by atoms with van der Waals surface area (Å²) in [4.78, 5) is 23.1. The summed E-state index contributed by atoms with van der Waals surface area (Å²) < 4.78 is 4.64. The minimum absolute atomic E-state index is 0.241. The molecule has 0 saturated heterocycles. The van der Waals surface area contributed by atoms with E-state index in [0.717, 1.165) is 5.56 Å². The molecule has 0 bridgehead atoms. The largest absolute Gasteiger partial charge is 0.480 e. The number of carbonyl (C=O) groups excluding carboxylic acids is 1. The van der Waals surface area contributed by atoms with Crippen molar-refractivity contribution in [2.45, 2.75) is 12.8 Å². The molecule has 4 heteroatoms. The SMILES string of the molecule is COC(=O)C1(C(=O)O)[C@H](C)[C@@H]1c1ccccc1. The van der Waals surface area contributed by atoms with Crippen molar-refractivity contribution in [2.75, 3.05) is 7.11 Å². The predicted octanol–water partition coefficient (Wildman–Crippen LogP) is 1.66. The molecule has 0 heterocycles. The van der Waals surface area contributed by atoms with Crippen LogP contribution in [0.4, 0.5) is 0 Å². The normalized spacial score (nSPS) is 30.7. The van der Waals surface area contributed by atoms with E-state index in [0.29, 0.717) is 0 Å². The van der Waals surface area contributed by atoms with Crippen molar-refractivity contribution in [3.63, 3.8) is 0 Å². The van der Waals surface area contributed by atoms with Gasteiger partial charge in [0.2, 0.25) is 0 Å². The Labute approximate surface area is 99.2 Å². The van der Waals surface area contributed by atoms with Gasteiger partial charge in [0.25, 0.3) is 0 Å². The van der Waals surface area contributed by atoms with Crippen molar-refractivity contribution in [2.24, 2.45) is 11.3 Å². The molecule has 0 amide bonds. The van der Waals surface area contributed by atoms with Crippen LogP contribution in [0.25, 0.3) is 0 Å². The fourth-order valence-electron chi connectivity index (χ4n) is 2.67. The van der Waals surface area contributed by atoms with Crippen LogP contribution < -0.4 is 0 Å². The highest BCUT2D eigenvalue weighted by atomic mass is 16.5. The fraction of sp³-hybridized carbons (Fsp3) is 0.385. The van der Waals surface area contributed by atoms with Gasteiger partial charge in [-0.2, -0.15) is 0 Å². The molecule has 0 spiro atoms. The predicted molar refractivity (Wildman–Crippen MR) is 60.4 cm³/mol. The Hall–Kier alpha value is -1.84. The Morgan fingerprint density at radius 3 is 2.35 bits per heavy atom. The van der Waals surface area contributed by atoms with Crippen molar-refractivity contribution in [1.82, 2.24) is 0 Å². The van der Waals surface area contributed by atoms with Gasteiger partial charge >= 0.3 is 11.9 Å². The molecule has 4 nitrogen and oxygen atoms in total. The molecule has 17 heavy (non-hydrogen) atoms. The van der Waals surface area contributed by atoms with Crippen molar-refractivity contribution in [3.8, 4) is 0 Å². The van der Waals surface area contributed by atoms with Gasteiger partial charge in [0.15, 0.2) is 5.41 Å². The minimum atomic E-state index is -1.41. The number of carbonyl (C=O) groups is 2. The first-order chi connectivity index (χ1) is 8.06. The van der Waals surface area contributed by atoms with Crippen molar-refractivity contribution >= 4 is 11.9 Å².